The van der Waals surface area contributed by atoms with Gasteiger partial charge in [-0.1, -0.05) is 18.2 Å². The lowest BCUT2D eigenvalue weighted by atomic mass is 10.3. The van der Waals surface area contributed by atoms with E-state index in [0.29, 0.717) is 30.5 Å². The van der Waals surface area contributed by atoms with Gasteiger partial charge in [0.2, 0.25) is 5.88 Å². The van der Waals surface area contributed by atoms with Crippen LogP contribution in [0.2, 0.25) is 0 Å². The Hall–Kier alpha value is -2.80. The van der Waals surface area contributed by atoms with E-state index in [1.54, 1.807) is 13.2 Å². The van der Waals surface area contributed by atoms with Crippen LogP contribution < -0.4 is 20.1 Å². The fraction of sp³-hybridized carbons (Fsp3) is 0.478. The molecule has 0 unspecified atom stereocenters. The second-order valence-corrected chi connectivity index (χ2v) is 7.21. The summed E-state index contributed by atoms with van der Waals surface area (Å²) in [6.07, 6.45) is 5.42. The topological polar surface area (TPSA) is 77.0 Å². The summed E-state index contributed by atoms with van der Waals surface area (Å²) >= 11 is 0. The number of nitrogens with zero attached hydrogens (tertiary/aromatic N) is 2. The third-order valence-corrected chi connectivity index (χ3v) is 4.65. The first-order chi connectivity index (χ1) is 14.8. The standard InChI is InChI=1S/C23H32N4O3/c1-3-29-20-7-4-5-8-21(20)30-22-12-11-19(15-26-22)16-27-23(24-2)25-13-6-14-28-17-18-9-10-18/h4-5,7-8,11-12,15,18H,3,6,9-10,13-14,16-17H2,1-2H3,(H2,24,25,27). The summed E-state index contributed by atoms with van der Waals surface area (Å²) in [6.45, 7) is 5.69. The van der Waals surface area contributed by atoms with Crippen molar-refractivity contribution in [2.45, 2.75) is 32.7 Å². The third kappa shape index (κ3) is 7.55. The lowest BCUT2D eigenvalue weighted by molar-refractivity contribution is 0.123. The maximum absolute atomic E-state index is 5.86. The predicted molar refractivity (Wildman–Crippen MR) is 118 cm³/mol. The molecule has 0 saturated heterocycles. The molecule has 30 heavy (non-hydrogen) atoms. The molecule has 2 aromatic rings. The zero-order valence-electron chi connectivity index (χ0n) is 17.9. The first-order valence-corrected chi connectivity index (χ1v) is 10.7. The van der Waals surface area contributed by atoms with Crippen LogP contribution in [0.5, 0.6) is 17.4 Å². The van der Waals surface area contributed by atoms with E-state index in [9.17, 15) is 0 Å². The van der Waals surface area contributed by atoms with Crippen molar-refractivity contribution in [2.24, 2.45) is 10.9 Å². The molecule has 1 saturated carbocycles. The van der Waals surface area contributed by atoms with Crippen molar-refractivity contribution in [1.82, 2.24) is 15.6 Å². The van der Waals surface area contributed by atoms with Crippen molar-refractivity contribution in [3.05, 3.63) is 48.2 Å². The highest BCUT2D eigenvalue weighted by molar-refractivity contribution is 5.79. The Labute approximate surface area is 178 Å². The van der Waals surface area contributed by atoms with Crippen LogP contribution in [0.25, 0.3) is 0 Å². The number of aromatic nitrogens is 1. The maximum Gasteiger partial charge on any atom is 0.219 e. The molecule has 0 bridgehead atoms. The number of ether oxygens (including phenoxy) is 3. The summed E-state index contributed by atoms with van der Waals surface area (Å²) in [5.41, 5.74) is 1.04. The molecule has 0 atom stereocenters. The molecule has 2 N–H and O–H groups in total. The Morgan fingerprint density at radius 3 is 2.67 bits per heavy atom. The summed E-state index contributed by atoms with van der Waals surface area (Å²) in [4.78, 5) is 8.65. The molecule has 1 fully saturated rings. The molecule has 0 amide bonds. The zero-order chi connectivity index (χ0) is 21.0. The van der Waals surface area contributed by atoms with E-state index in [2.05, 4.69) is 20.6 Å². The van der Waals surface area contributed by atoms with Gasteiger partial charge >= 0.3 is 0 Å². The van der Waals surface area contributed by atoms with Gasteiger partial charge in [-0.25, -0.2) is 4.98 Å². The summed E-state index contributed by atoms with van der Waals surface area (Å²) < 4.78 is 17.1. The van der Waals surface area contributed by atoms with E-state index in [1.807, 2.05) is 43.3 Å². The van der Waals surface area contributed by atoms with Crippen molar-refractivity contribution in [3.63, 3.8) is 0 Å². The van der Waals surface area contributed by atoms with Gasteiger partial charge in [0.25, 0.3) is 0 Å². The van der Waals surface area contributed by atoms with Gasteiger partial charge in [-0.05, 0) is 49.8 Å². The molecule has 0 aliphatic heterocycles. The van der Waals surface area contributed by atoms with E-state index in [-0.39, 0.29) is 0 Å². The number of rotatable bonds is 12. The lowest BCUT2D eigenvalue weighted by Gasteiger charge is -2.13. The third-order valence-electron chi connectivity index (χ3n) is 4.65. The van der Waals surface area contributed by atoms with Crippen LogP contribution in [-0.2, 0) is 11.3 Å². The molecular formula is C23H32N4O3. The van der Waals surface area contributed by atoms with E-state index in [4.69, 9.17) is 14.2 Å². The van der Waals surface area contributed by atoms with Gasteiger partial charge < -0.3 is 24.8 Å². The number of guanidine groups is 1. The summed E-state index contributed by atoms with van der Waals surface area (Å²) in [5, 5.41) is 6.60. The van der Waals surface area contributed by atoms with Crippen molar-refractivity contribution in [3.8, 4) is 17.4 Å². The van der Waals surface area contributed by atoms with E-state index in [1.165, 1.54) is 12.8 Å². The van der Waals surface area contributed by atoms with E-state index in [0.717, 1.165) is 43.6 Å². The zero-order valence-corrected chi connectivity index (χ0v) is 17.9. The largest absolute Gasteiger partial charge is 0.490 e. The molecule has 7 nitrogen and oxygen atoms in total. The van der Waals surface area contributed by atoms with Crippen LogP contribution >= 0.6 is 0 Å². The van der Waals surface area contributed by atoms with Gasteiger partial charge in [-0.3, -0.25) is 4.99 Å². The monoisotopic (exact) mass is 412 g/mol. The van der Waals surface area contributed by atoms with Gasteiger partial charge in [0.15, 0.2) is 17.5 Å². The van der Waals surface area contributed by atoms with Gasteiger partial charge in [0.05, 0.1) is 6.61 Å². The van der Waals surface area contributed by atoms with Gasteiger partial charge in [-0.2, -0.15) is 0 Å². The number of para-hydroxylation sites is 2. The molecule has 1 aromatic heterocycles. The number of hydrogen-bond donors (Lipinski definition) is 2. The summed E-state index contributed by atoms with van der Waals surface area (Å²) in [6, 6.07) is 11.4. The fourth-order valence-corrected chi connectivity index (χ4v) is 2.82. The Bertz CT molecular complexity index is 791. The minimum absolute atomic E-state index is 0.527. The molecule has 1 aromatic carbocycles. The second-order valence-electron chi connectivity index (χ2n) is 7.21. The Balaban J connectivity index is 1.39. The minimum Gasteiger partial charge on any atom is -0.490 e. The average Bonchev–Trinajstić information content (AvgIpc) is 3.60. The van der Waals surface area contributed by atoms with E-state index < -0.39 is 0 Å². The number of nitrogens with one attached hydrogen (secondary N) is 2. The highest BCUT2D eigenvalue weighted by atomic mass is 16.5. The Morgan fingerprint density at radius 1 is 1.13 bits per heavy atom. The SMILES string of the molecule is CCOc1ccccc1Oc1ccc(CNC(=NC)NCCCOCC2CC2)cn1. The smallest absolute Gasteiger partial charge is 0.219 e. The lowest BCUT2D eigenvalue weighted by Crippen LogP contribution is -2.37. The highest BCUT2D eigenvalue weighted by Gasteiger charge is 2.20. The van der Waals surface area contributed by atoms with Crippen molar-refractivity contribution in [2.75, 3.05) is 33.4 Å². The van der Waals surface area contributed by atoms with Crippen molar-refractivity contribution < 1.29 is 14.2 Å². The Kier molecular flexibility index (Phi) is 8.78. The normalized spacial score (nSPS) is 13.7. The van der Waals surface area contributed by atoms with Crippen LogP contribution in [0.15, 0.2) is 47.6 Å². The van der Waals surface area contributed by atoms with Crippen molar-refractivity contribution in [1.29, 1.82) is 0 Å². The number of benzene rings is 1. The second kappa shape index (κ2) is 12.0. The highest BCUT2D eigenvalue weighted by Crippen LogP contribution is 2.30. The molecule has 1 aliphatic carbocycles. The van der Waals surface area contributed by atoms with Crippen LogP contribution in [0.4, 0.5) is 0 Å². The van der Waals surface area contributed by atoms with Crippen LogP contribution in [0.3, 0.4) is 0 Å². The van der Waals surface area contributed by atoms with Gasteiger partial charge in [-0.15, -0.1) is 0 Å². The molecule has 1 heterocycles. The van der Waals surface area contributed by atoms with E-state index >= 15 is 0 Å². The first kappa shape index (κ1) is 21.9. The molecule has 7 heteroatoms. The molecular weight excluding hydrogens is 380 g/mol. The van der Waals surface area contributed by atoms with Crippen molar-refractivity contribution >= 4 is 5.96 Å². The maximum atomic E-state index is 5.86. The quantitative estimate of drug-likeness (QED) is 0.314. The summed E-state index contributed by atoms with van der Waals surface area (Å²) in [5.74, 6) is 3.48. The van der Waals surface area contributed by atoms with Crippen LogP contribution in [0.1, 0.15) is 31.7 Å². The molecule has 0 radical (unpaired) electrons. The fourth-order valence-electron chi connectivity index (χ4n) is 2.82. The minimum atomic E-state index is 0.527. The number of hydrogen-bond acceptors (Lipinski definition) is 5. The molecule has 1 aliphatic rings. The average molecular weight is 413 g/mol. The summed E-state index contributed by atoms with van der Waals surface area (Å²) in [7, 11) is 1.77. The molecule has 3 rings (SSSR count). The number of pyridine rings is 1. The predicted octanol–water partition coefficient (Wildman–Crippen LogP) is 3.75. The molecule has 0 spiro atoms. The van der Waals surface area contributed by atoms with Gasteiger partial charge in [0, 0.05) is 45.6 Å². The number of aliphatic imine (C=N–C) groups is 1. The van der Waals surface area contributed by atoms with Crippen LogP contribution in [-0.4, -0.2) is 44.4 Å². The molecule has 162 valence electrons. The van der Waals surface area contributed by atoms with Gasteiger partial charge in [0.1, 0.15) is 0 Å². The van der Waals surface area contributed by atoms with Crippen LogP contribution in [0, 0.1) is 5.92 Å². The first-order valence-electron chi connectivity index (χ1n) is 10.7. The Morgan fingerprint density at radius 2 is 1.97 bits per heavy atom.